The van der Waals surface area contributed by atoms with Crippen LogP contribution in [0.15, 0.2) is 35.7 Å². The van der Waals surface area contributed by atoms with E-state index in [1.807, 2.05) is 19.9 Å². The van der Waals surface area contributed by atoms with Gasteiger partial charge in [0.2, 0.25) is 0 Å². The van der Waals surface area contributed by atoms with E-state index < -0.39 is 11.6 Å². The SMILES string of the molecule is Cc1cc(C)n(-c2nncn2/N=C\c2ccc(F)cc2F)n1. The van der Waals surface area contributed by atoms with Crippen LogP contribution in [-0.4, -0.2) is 30.9 Å². The van der Waals surface area contributed by atoms with E-state index in [-0.39, 0.29) is 5.56 Å². The molecule has 8 heteroatoms. The average molecular weight is 302 g/mol. The number of hydrogen-bond acceptors (Lipinski definition) is 4. The molecule has 0 amide bonds. The number of aryl methyl sites for hydroxylation is 2. The maximum absolute atomic E-state index is 13.6. The summed E-state index contributed by atoms with van der Waals surface area (Å²) in [5.74, 6) is -0.948. The minimum Gasteiger partial charge on any atom is -0.207 e. The fourth-order valence-electron chi connectivity index (χ4n) is 2.01. The van der Waals surface area contributed by atoms with Gasteiger partial charge in [-0.1, -0.05) is 0 Å². The van der Waals surface area contributed by atoms with Gasteiger partial charge in [0.1, 0.15) is 18.0 Å². The third-order valence-electron chi connectivity index (χ3n) is 3.00. The molecular formula is C14H12F2N6. The highest BCUT2D eigenvalue weighted by atomic mass is 19.1. The molecule has 112 valence electrons. The van der Waals surface area contributed by atoms with Gasteiger partial charge in [-0.05, 0) is 32.0 Å². The quantitative estimate of drug-likeness (QED) is 0.697. The summed E-state index contributed by atoms with van der Waals surface area (Å²) in [6, 6.07) is 5.16. The Balaban J connectivity index is 1.96. The monoisotopic (exact) mass is 302 g/mol. The summed E-state index contributed by atoms with van der Waals surface area (Å²) in [5.41, 5.74) is 1.87. The van der Waals surface area contributed by atoms with Crippen LogP contribution in [-0.2, 0) is 0 Å². The summed E-state index contributed by atoms with van der Waals surface area (Å²) in [4.78, 5) is 0. The zero-order valence-corrected chi connectivity index (χ0v) is 11.9. The lowest BCUT2D eigenvalue weighted by molar-refractivity contribution is 0.582. The highest BCUT2D eigenvalue weighted by molar-refractivity contribution is 5.79. The van der Waals surface area contributed by atoms with Crippen LogP contribution in [0.3, 0.4) is 0 Å². The van der Waals surface area contributed by atoms with Crippen molar-refractivity contribution in [1.29, 1.82) is 0 Å². The Morgan fingerprint density at radius 1 is 1.18 bits per heavy atom. The summed E-state index contributed by atoms with van der Waals surface area (Å²) in [5, 5.41) is 16.1. The summed E-state index contributed by atoms with van der Waals surface area (Å²) < 4.78 is 29.4. The van der Waals surface area contributed by atoms with Crippen LogP contribution in [0.25, 0.3) is 5.95 Å². The highest BCUT2D eigenvalue weighted by Gasteiger charge is 2.10. The molecule has 0 aliphatic rings. The average Bonchev–Trinajstić information content (AvgIpc) is 3.03. The Hall–Kier alpha value is -2.90. The fraction of sp³-hybridized carbons (Fsp3) is 0.143. The molecule has 0 saturated carbocycles. The summed E-state index contributed by atoms with van der Waals surface area (Å²) in [7, 11) is 0. The third kappa shape index (κ3) is 2.62. The number of aromatic nitrogens is 5. The number of benzene rings is 1. The lowest BCUT2D eigenvalue weighted by Gasteiger charge is -2.02. The standard InChI is InChI=1S/C14H12F2N6/c1-9-5-10(2)22(20-9)14-19-17-8-21(14)18-7-11-3-4-12(15)6-13(11)16/h3-8H,1-2H3/b18-7-. The molecule has 0 radical (unpaired) electrons. The molecule has 22 heavy (non-hydrogen) atoms. The number of nitrogens with zero attached hydrogens (tertiary/aromatic N) is 6. The van der Waals surface area contributed by atoms with Crippen molar-refractivity contribution in [1.82, 2.24) is 24.7 Å². The Kier molecular flexibility index (Phi) is 3.50. The van der Waals surface area contributed by atoms with Crippen LogP contribution in [0.1, 0.15) is 17.0 Å². The van der Waals surface area contributed by atoms with Crippen LogP contribution in [0.2, 0.25) is 0 Å². The first-order chi connectivity index (χ1) is 10.5. The maximum Gasteiger partial charge on any atom is 0.273 e. The molecule has 0 bridgehead atoms. The molecule has 0 fully saturated rings. The first-order valence-electron chi connectivity index (χ1n) is 6.47. The van der Waals surface area contributed by atoms with Crippen LogP contribution in [0, 0.1) is 25.5 Å². The van der Waals surface area contributed by atoms with Gasteiger partial charge >= 0.3 is 0 Å². The Morgan fingerprint density at radius 2 is 2.00 bits per heavy atom. The molecule has 6 nitrogen and oxygen atoms in total. The smallest absolute Gasteiger partial charge is 0.207 e. The summed E-state index contributed by atoms with van der Waals surface area (Å²) in [6.07, 6.45) is 2.65. The molecule has 0 N–H and O–H groups in total. The van der Waals surface area contributed by atoms with E-state index in [1.165, 1.54) is 29.4 Å². The van der Waals surface area contributed by atoms with Crippen molar-refractivity contribution in [2.24, 2.45) is 5.10 Å². The van der Waals surface area contributed by atoms with Crippen LogP contribution < -0.4 is 0 Å². The summed E-state index contributed by atoms with van der Waals surface area (Å²) >= 11 is 0. The van der Waals surface area contributed by atoms with E-state index in [1.54, 1.807) is 4.68 Å². The minimum atomic E-state index is -0.690. The van der Waals surface area contributed by atoms with E-state index in [9.17, 15) is 8.78 Å². The van der Waals surface area contributed by atoms with Crippen molar-refractivity contribution >= 4 is 6.21 Å². The molecular weight excluding hydrogens is 290 g/mol. The molecule has 0 spiro atoms. The first-order valence-corrected chi connectivity index (χ1v) is 6.47. The molecule has 0 unspecified atom stereocenters. The summed E-state index contributed by atoms with van der Waals surface area (Å²) in [6.45, 7) is 3.74. The predicted molar refractivity (Wildman–Crippen MR) is 76.0 cm³/mol. The molecule has 1 aromatic carbocycles. The zero-order valence-electron chi connectivity index (χ0n) is 11.9. The normalized spacial score (nSPS) is 11.5. The Morgan fingerprint density at radius 3 is 2.68 bits per heavy atom. The predicted octanol–water partition coefficient (Wildman–Crippen LogP) is 2.24. The second-order valence-corrected chi connectivity index (χ2v) is 4.72. The molecule has 0 aliphatic carbocycles. The van der Waals surface area contributed by atoms with E-state index in [0.717, 1.165) is 17.5 Å². The molecule has 2 heterocycles. The molecule has 3 aromatic rings. The Labute approximate surface area is 124 Å². The van der Waals surface area contributed by atoms with Crippen LogP contribution >= 0.6 is 0 Å². The van der Waals surface area contributed by atoms with E-state index in [4.69, 9.17) is 0 Å². The molecule has 0 aliphatic heterocycles. The minimum absolute atomic E-state index is 0.161. The maximum atomic E-state index is 13.6. The van der Waals surface area contributed by atoms with Gasteiger partial charge in [0.05, 0.1) is 11.9 Å². The Bertz CT molecular complexity index is 849. The second-order valence-electron chi connectivity index (χ2n) is 4.72. The van der Waals surface area contributed by atoms with Gasteiger partial charge < -0.3 is 0 Å². The number of halogens is 2. The van der Waals surface area contributed by atoms with Gasteiger partial charge in [-0.2, -0.15) is 14.9 Å². The largest absolute Gasteiger partial charge is 0.273 e. The molecule has 0 atom stereocenters. The number of hydrogen-bond donors (Lipinski definition) is 0. The zero-order chi connectivity index (χ0) is 15.7. The van der Waals surface area contributed by atoms with Crippen molar-refractivity contribution in [3.05, 3.63) is 59.2 Å². The van der Waals surface area contributed by atoms with E-state index in [0.29, 0.717) is 5.95 Å². The third-order valence-corrected chi connectivity index (χ3v) is 3.00. The first kappa shape index (κ1) is 14.1. The molecule has 0 saturated heterocycles. The van der Waals surface area contributed by atoms with Gasteiger partial charge in [0.15, 0.2) is 0 Å². The number of rotatable bonds is 3. The van der Waals surface area contributed by atoms with Crippen molar-refractivity contribution in [3.8, 4) is 5.95 Å². The van der Waals surface area contributed by atoms with Crippen molar-refractivity contribution in [3.63, 3.8) is 0 Å². The molecule has 3 rings (SSSR count). The van der Waals surface area contributed by atoms with Crippen molar-refractivity contribution in [2.75, 3.05) is 0 Å². The lowest BCUT2D eigenvalue weighted by atomic mass is 10.2. The topological polar surface area (TPSA) is 60.9 Å². The van der Waals surface area contributed by atoms with Gasteiger partial charge in [0, 0.05) is 17.3 Å². The van der Waals surface area contributed by atoms with Gasteiger partial charge in [-0.25, -0.2) is 13.5 Å². The lowest BCUT2D eigenvalue weighted by Crippen LogP contribution is -2.06. The van der Waals surface area contributed by atoms with E-state index >= 15 is 0 Å². The highest BCUT2D eigenvalue weighted by Crippen LogP contribution is 2.10. The van der Waals surface area contributed by atoms with Crippen LogP contribution in [0.5, 0.6) is 0 Å². The van der Waals surface area contributed by atoms with Gasteiger partial charge in [-0.3, -0.25) is 0 Å². The van der Waals surface area contributed by atoms with Crippen molar-refractivity contribution in [2.45, 2.75) is 13.8 Å². The van der Waals surface area contributed by atoms with Gasteiger partial charge in [-0.15, -0.1) is 10.2 Å². The van der Waals surface area contributed by atoms with Crippen molar-refractivity contribution < 1.29 is 8.78 Å². The second kappa shape index (κ2) is 5.47. The molecule has 2 aromatic heterocycles. The van der Waals surface area contributed by atoms with Gasteiger partial charge in [0.25, 0.3) is 5.95 Å². The van der Waals surface area contributed by atoms with E-state index in [2.05, 4.69) is 20.4 Å². The fourth-order valence-corrected chi connectivity index (χ4v) is 2.01. The van der Waals surface area contributed by atoms with Crippen LogP contribution in [0.4, 0.5) is 8.78 Å².